The largest absolute Gasteiger partial charge is 0.756 e. The summed E-state index contributed by atoms with van der Waals surface area (Å²) in [4.78, 5) is 25.5. The second-order valence-corrected chi connectivity index (χ2v) is 22.4. The fraction of sp³-hybridized carbons (Fsp3) is 0.580. The van der Waals surface area contributed by atoms with Gasteiger partial charge < -0.3 is 28.8 Å². The molecule has 0 bridgehead atoms. The monoisotopic (exact) mass is 1100 g/mol. The van der Waals surface area contributed by atoms with Gasteiger partial charge in [-0.05, 0) is 122 Å². The smallest absolute Gasteiger partial charge is 0.268 e. The van der Waals surface area contributed by atoms with Gasteiger partial charge in [0, 0.05) is 6.42 Å². The van der Waals surface area contributed by atoms with E-state index in [1.807, 2.05) is 27.2 Å². The first-order valence-corrected chi connectivity index (χ1v) is 32.0. The van der Waals surface area contributed by atoms with Gasteiger partial charge in [-0.1, -0.05) is 248 Å². The zero-order valence-electron chi connectivity index (χ0n) is 50.0. The van der Waals surface area contributed by atoms with Crippen LogP contribution in [-0.4, -0.2) is 68.5 Å². The molecule has 8 nitrogen and oxygen atoms in total. The Balaban J connectivity index is 4.24. The van der Waals surface area contributed by atoms with E-state index in [4.69, 9.17) is 9.05 Å². The third kappa shape index (κ3) is 59.5. The fourth-order valence-electron chi connectivity index (χ4n) is 7.68. The lowest BCUT2D eigenvalue weighted by molar-refractivity contribution is -0.870. The van der Waals surface area contributed by atoms with Crippen LogP contribution in [0.2, 0.25) is 0 Å². The van der Waals surface area contributed by atoms with Crippen molar-refractivity contribution in [3.8, 4) is 0 Å². The van der Waals surface area contributed by atoms with Crippen molar-refractivity contribution in [2.24, 2.45) is 0 Å². The number of unbranched alkanes of at least 4 members (excludes halogenated alkanes) is 14. The maximum absolute atomic E-state index is 12.9. The highest BCUT2D eigenvalue weighted by atomic mass is 31.2. The van der Waals surface area contributed by atoms with Gasteiger partial charge >= 0.3 is 0 Å². The van der Waals surface area contributed by atoms with E-state index in [2.05, 4.69) is 177 Å². The van der Waals surface area contributed by atoms with Crippen molar-refractivity contribution in [2.45, 2.75) is 219 Å². The third-order valence-corrected chi connectivity index (χ3v) is 13.4. The van der Waals surface area contributed by atoms with Gasteiger partial charge in [0.15, 0.2) is 0 Å². The summed E-state index contributed by atoms with van der Waals surface area (Å²) in [6, 6.07) is -0.930. The van der Waals surface area contributed by atoms with Gasteiger partial charge in [-0.25, -0.2) is 0 Å². The minimum absolute atomic E-state index is 0.0208. The van der Waals surface area contributed by atoms with Crippen LogP contribution in [0.1, 0.15) is 206 Å². The summed E-state index contributed by atoms with van der Waals surface area (Å²) in [7, 11) is 1.20. The number of phosphoric acid groups is 1. The number of likely N-dealkylation sites (N-methyl/N-ethyl adjacent to an activating group) is 1. The van der Waals surface area contributed by atoms with E-state index in [1.165, 1.54) is 57.8 Å². The SMILES string of the molecule is CC/C=C\C/C=C\C/C=C\C/C=C\C/C=C\C/C=C\C/C=C\C/C=C\C/C=C\C/C=C\C/C=C\C/C=C\CCCCCCC(=O)NC(COP(=O)([O-])OCC[N+](C)(C)C)C(O)/C=C/CC/C=C/CCCCCCCCCCC. The van der Waals surface area contributed by atoms with Crippen molar-refractivity contribution in [1.29, 1.82) is 0 Å². The van der Waals surface area contributed by atoms with Crippen LogP contribution < -0.4 is 10.2 Å². The minimum Gasteiger partial charge on any atom is -0.756 e. The molecule has 0 aromatic heterocycles. The molecule has 3 atom stereocenters. The number of hydrogen-bond acceptors (Lipinski definition) is 6. The lowest BCUT2D eigenvalue weighted by Gasteiger charge is -2.29. The van der Waals surface area contributed by atoms with Gasteiger partial charge in [0.1, 0.15) is 13.2 Å². The van der Waals surface area contributed by atoms with Gasteiger partial charge in [0.25, 0.3) is 7.82 Å². The van der Waals surface area contributed by atoms with E-state index in [0.717, 1.165) is 122 Å². The summed E-state index contributed by atoms with van der Waals surface area (Å²) in [5, 5.41) is 13.8. The van der Waals surface area contributed by atoms with Gasteiger partial charge in [0.2, 0.25) is 5.91 Å². The van der Waals surface area contributed by atoms with Crippen molar-refractivity contribution in [2.75, 3.05) is 40.9 Å². The molecule has 3 unspecified atom stereocenters. The number of rotatable bonds is 53. The van der Waals surface area contributed by atoms with E-state index in [1.54, 1.807) is 6.08 Å². The lowest BCUT2D eigenvalue weighted by atomic mass is 10.1. The van der Waals surface area contributed by atoms with Crippen molar-refractivity contribution >= 4 is 13.7 Å². The quantitative estimate of drug-likeness (QED) is 0.0272. The first-order valence-electron chi connectivity index (χ1n) is 30.5. The average Bonchev–Trinajstić information content (AvgIpc) is 3.41. The van der Waals surface area contributed by atoms with Gasteiger partial charge in [-0.2, -0.15) is 0 Å². The highest BCUT2D eigenvalue weighted by molar-refractivity contribution is 7.45. The average molecular weight is 1100 g/mol. The molecule has 0 aromatic rings. The zero-order valence-corrected chi connectivity index (χ0v) is 50.9. The lowest BCUT2D eigenvalue weighted by Crippen LogP contribution is -2.45. The molecule has 440 valence electrons. The summed E-state index contributed by atoms with van der Waals surface area (Å²) >= 11 is 0. The number of quaternary nitrogens is 1. The topological polar surface area (TPSA) is 108 Å². The molecule has 78 heavy (non-hydrogen) atoms. The van der Waals surface area contributed by atoms with Crippen LogP contribution in [0.3, 0.4) is 0 Å². The Morgan fingerprint density at radius 3 is 1.19 bits per heavy atom. The molecule has 0 aromatic carbocycles. The Kier molecular flexibility index (Phi) is 54.5. The summed E-state index contributed by atoms with van der Waals surface area (Å²) < 4.78 is 23.3. The first kappa shape index (κ1) is 73.9. The molecule has 2 N–H and O–H groups in total. The molecule has 0 rings (SSSR count). The maximum Gasteiger partial charge on any atom is 0.268 e. The predicted octanol–water partition coefficient (Wildman–Crippen LogP) is 18.6. The van der Waals surface area contributed by atoms with Crippen LogP contribution in [0.15, 0.2) is 170 Å². The van der Waals surface area contributed by atoms with Crippen LogP contribution in [0.4, 0.5) is 0 Å². The van der Waals surface area contributed by atoms with E-state index in [0.29, 0.717) is 23.9 Å². The second kappa shape index (κ2) is 57.5. The molecule has 0 aliphatic rings. The Bertz CT molecular complexity index is 1870. The Morgan fingerprint density at radius 1 is 0.462 bits per heavy atom. The van der Waals surface area contributed by atoms with Crippen LogP contribution in [0, 0.1) is 0 Å². The van der Waals surface area contributed by atoms with Crippen LogP contribution in [0.25, 0.3) is 0 Å². The van der Waals surface area contributed by atoms with Crippen molar-refractivity contribution < 1.29 is 32.9 Å². The summed E-state index contributed by atoms with van der Waals surface area (Å²) in [6.07, 6.45) is 91.6. The van der Waals surface area contributed by atoms with E-state index in [9.17, 15) is 19.4 Å². The second-order valence-electron chi connectivity index (χ2n) is 21.0. The van der Waals surface area contributed by atoms with E-state index in [-0.39, 0.29) is 12.5 Å². The Labute approximate surface area is 479 Å². The number of phosphoric ester groups is 1. The first-order chi connectivity index (χ1) is 38.0. The van der Waals surface area contributed by atoms with Gasteiger partial charge in [0.05, 0.1) is 39.9 Å². The van der Waals surface area contributed by atoms with Gasteiger partial charge in [-0.15, -0.1) is 0 Å². The summed E-state index contributed by atoms with van der Waals surface area (Å²) in [5.74, 6) is -0.239. The molecule has 0 saturated heterocycles. The van der Waals surface area contributed by atoms with Crippen molar-refractivity contribution in [3.05, 3.63) is 170 Å². The van der Waals surface area contributed by atoms with Crippen LogP contribution in [0.5, 0.6) is 0 Å². The maximum atomic E-state index is 12.9. The molecule has 0 radical (unpaired) electrons. The molecule has 0 aliphatic heterocycles. The summed E-state index contributed by atoms with van der Waals surface area (Å²) in [5.41, 5.74) is 0. The number of aliphatic hydroxyl groups excluding tert-OH is 1. The molecular formula is C69H113N2O6P. The highest BCUT2D eigenvalue weighted by Crippen LogP contribution is 2.38. The van der Waals surface area contributed by atoms with Crippen molar-refractivity contribution in [1.82, 2.24) is 5.32 Å². The highest BCUT2D eigenvalue weighted by Gasteiger charge is 2.23. The zero-order chi connectivity index (χ0) is 57.0. The van der Waals surface area contributed by atoms with Crippen LogP contribution >= 0.6 is 7.82 Å². The normalized spacial score (nSPS) is 15.0. The molecule has 0 saturated carbocycles. The predicted molar refractivity (Wildman–Crippen MR) is 338 cm³/mol. The number of hydrogen-bond donors (Lipinski definition) is 2. The van der Waals surface area contributed by atoms with E-state index < -0.39 is 26.6 Å². The Morgan fingerprint density at radius 2 is 0.795 bits per heavy atom. The number of amides is 1. The van der Waals surface area contributed by atoms with Crippen molar-refractivity contribution in [3.63, 3.8) is 0 Å². The number of carbonyl (C=O) groups is 1. The standard InChI is InChI=1S/C69H113N2O6P/c1-6-8-10-12-14-16-18-20-22-23-24-25-26-27-28-29-30-31-32-33-34-35-36-37-38-39-40-41-42-43-44-45-46-47-49-51-53-55-57-59-61-63-69(73)70-67(66-77-78(74,75)76-65-64-71(3,4)5)68(72)62-60-58-56-54-52-50-48-21-19-17-15-13-11-9-7-2/h8,10,14,16,20,22,24-25,27-28,30-31,33-34,36-37,39-40,42-43,45-46,49,51-52,54,60,62,67-68,72H,6-7,9,11-13,15,17-19,21,23,26,29,32,35,38,41,44,47-48,50,53,55-59,61,63-66H2,1-5H3,(H-,70,73,74,75)/b10-8-,16-14-,22-20-,25-24-,28-27-,31-30-,34-33-,37-36-,40-39-,43-42-,46-45-,51-49-,54-52+,62-60+. The van der Waals surface area contributed by atoms with Gasteiger partial charge in [-0.3, -0.25) is 9.36 Å². The number of nitrogens with zero attached hydrogens (tertiary/aromatic N) is 1. The molecule has 1 amide bonds. The fourth-order valence-corrected chi connectivity index (χ4v) is 8.40. The number of nitrogens with one attached hydrogen (secondary N) is 1. The number of aliphatic hydroxyl groups is 1. The van der Waals surface area contributed by atoms with Crippen LogP contribution in [-0.2, 0) is 18.4 Å². The third-order valence-electron chi connectivity index (χ3n) is 12.4. The number of carbonyl (C=O) groups excluding carboxylic acids is 1. The molecule has 9 heteroatoms. The molecular weight excluding hydrogens is 984 g/mol. The molecule has 0 heterocycles. The molecule has 0 spiro atoms. The molecule has 0 aliphatic carbocycles. The Hall–Kier alpha value is -4.14. The van der Waals surface area contributed by atoms with E-state index >= 15 is 0 Å². The number of allylic oxidation sites excluding steroid dienone is 27. The summed E-state index contributed by atoms with van der Waals surface area (Å²) in [6.45, 7) is 4.46. The molecule has 0 fully saturated rings. The minimum atomic E-state index is -4.62.